The number of esters is 2. The van der Waals surface area contributed by atoms with Gasteiger partial charge in [-0.05, 0) is 38.0 Å². The Morgan fingerprint density at radius 2 is 1.39 bits per heavy atom. The van der Waals surface area contributed by atoms with Crippen LogP contribution in [0.2, 0.25) is 0 Å². The highest BCUT2D eigenvalue weighted by atomic mass is 32.1. The molecule has 0 atom stereocenters. The molecule has 0 amide bonds. The number of rotatable bonds is 6. The molecule has 7 heteroatoms. The van der Waals surface area contributed by atoms with Gasteiger partial charge in [-0.1, -0.05) is 37.3 Å². The number of benzene rings is 1. The minimum absolute atomic E-state index is 0.000000000000000222. The number of carbonyl (C=O) groups is 2. The van der Waals surface area contributed by atoms with E-state index in [0.717, 1.165) is 0 Å². The summed E-state index contributed by atoms with van der Waals surface area (Å²) in [4.78, 5) is 24.6. The summed E-state index contributed by atoms with van der Waals surface area (Å²) in [5, 5.41) is 0.000000000000000222. The van der Waals surface area contributed by atoms with Gasteiger partial charge in [-0.2, -0.15) is 0 Å². The number of hydrogen-bond donors (Lipinski definition) is 2. The van der Waals surface area contributed by atoms with Crippen LogP contribution in [0, 0.1) is 0 Å². The van der Waals surface area contributed by atoms with Crippen molar-refractivity contribution < 1.29 is 19.1 Å². The van der Waals surface area contributed by atoms with Gasteiger partial charge in [0.1, 0.15) is 0 Å². The van der Waals surface area contributed by atoms with E-state index in [1.54, 1.807) is 45.0 Å². The molecular weight excluding hydrogens is 316 g/mol. The SMILES string of the molecule is CCOC(=O)C(CC)(C(=O)OCC)c1ccccc1.NC(N)=S. The van der Waals surface area contributed by atoms with Crippen molar-refractivity contribution in [1.29, 1.82) is 0 Å². The molecule has 0 spiro atoms. The van der Waals surface area contributed by atoms with Gasteiger partial charge in [-0.25, -0.2) is 0 Å². The molecule has 0 bridgehead atoms. The monoisotopic (exact) mass is 340 g/mol. The standard InChI is InChI=1S/C15H20O4.CH4N2S/c1-4-15(13(16)18-5-2,14(17)19-6-3)12-10-8-7-9-11-12;2-1(3)4/h7-11H,4-6H2,1-3H3;(H4,2,3,4). The molecule has 4 N–H and O–H groups in total. The smallest absolute Gasteiger partial charge is 0.328 e. The van der Waals surface area contributed by atoms with E-state index in [-0.39, 0.29) is 18.3 Å². The van der Waals surface area contributed by atoms with Crippen LogP contribution in [0.25, 0.3) is 0 Å². The Labute approximate surface area is 142 Å². The van der Waals surface area contributed by atoms with E-state index < -0.39 is 17.4 Å². The highest BCUT2D eigenvalue weighted by Crippen LogP contribution is 2.31. The van der Waals surface area contributed by atoms with E-state index in [1.165, 1.54) is 0 Å². The van der Waals surface area contributed by atoms with Crippen LogP contribution < -0.4 is 11.5 Å². The minimum atomic E-state index is -1.37. The molecule has 1 rings (SSSR count). The molecule has 0 saturated carbocycles. The predicted molar refractivity (Wildman–Crippen MR) is 92.6 cm³/mol. The quantitative estimate of drug-likeness (QED) is 0.461. The summed E-state index contributed by atoms with van der Waals surface area (Å²) in [5.41, 5.74) is 8.48. The lowest BCUT2D eigenvalue weighted by Gasteiger charge is -2.28. The fraction of sp³-hybridized carbons (Fsp3) is 0.438. The van der Waals surface area contributed by atoms with Gasteiger partial charge < -0.3 is 20.9 Å². The first-order valence-corrected chi connectivity index (χ1v) is 7.72. The lowest BCUT2D eigenvalue weighted by Crippen LogP contribution is -2.45. The lowest BCUT2D eigenvalue weighted by atomic mass is 9.78. The summed E-state index contributed by atoms with van der Waals surface area (Å²) >= 11 is 4.09. The molecule has 0 unspecified atom stereocenters. The summed E-state index contributed by atoms with van der Waals surface area (Å²) in [7, 11) is 0. The summed E-state index contributed by atoms with van der Waals surface area (Å²) in [6.45, 7) is 5.67. The Kier molecular flexibility index (Phi) is 9.57. The third kappa shape index (κ3) is 5.86. The largest absolute Gasteiger partial charge is 0.465 e. The molecule has 23 heavy (non-hydrogen) atoms. The molecule has 0 heterocycles. The average Bonchev–Trinajstić information content (AvgIpc) is 2.50. The zero-order valence-corrected chi connectivity index (χ0v) is 14.5. The molecule has 0 aliphatic rings. The highest BCUT2D eigenvalue weighted by Gasteiger charge is 2.48. The Morgan fingerprint density at radius 1 is 1.00 bits per heavy atom. The Balaban J connectivity index is 0.00000108. The van der Waals surface area contributed by atoms with Crippen molar-refractivity contribution in [2.75, 3.05) is 13.2 Å². The molecule has 0 fully saturated rings. The van der Waals surface area contributed by atoms with Crippen molar-refractivity contribution in [2.24, 2.45) is 11.5 Å². The van der Waals surface area contributed by atoms with E-state index in [1.807, 2.05) is 6.07 Å². The van der Waals surface area contributed by atoms with Crippen molar-refractivity contribution in [3.05, 3.63) is 35.9 Å². The summed E-state index contributed by atoms with van der Waals surface area (Å²) in [5.74, 6) is -1.11. The van der Waals surface area contributed by atoms with Crippen LogP contribution in [-0.2, 0) is 24.5 Å². The Hall–Kier alpha value is -2.15. The summed E-state index contributed by atoms with van der Waals surface area (Å²) in [6, 6.07) is 8.91. The van der Waals surface area contributed by atoms with Crippen LogP contribution in [0.15, 0.2) is 30.3 Å². The molecule has 128 valence electrons. The van der Waals surface area contributed by atoms with Crippen LogP contribution in [0.4, 0.5) is 0 Å². The van der Waals surface area contributed by atoms with Gasteiger partial charge in [-0.3, -0.25) is 9.59 Å². The first-order chi connectivity index (χ1) is 10.9. The summed E-state index contributed by atoms with van der Waals surface area (Å²) < 4.78 is 10.2. The first-order valence-electron chi connectivity index (χ1n) is 7.31. The average molecular weight is 340 g/mol. The zero-order chi connectivity index (χ0) is 17.9. The van der Waals surface area contributed by atoms with Crippen LogP contribution in [-0.4, -0.2) is 30.3 Å². The molecule has 0 aromatic heterocycles. The maximum atomic E-state index is 12.3. The summed E-state index contributed by atoms with van der Waals surface area (Å²) in [6.07, 6.45) is 0.300. The second kappa shape index (κ2) is 10.6. The number of hydrogen-bond acceptors (Lipinski definition) is 5. The normalized spacial score (nSPS) is 10.0. The number of ether oxygens (including phenoxy) is 2. The predicted octanol–water partition coefficient (Wildman–Crippen LogP) is 1.65. The molecule has 0 aliphatic heterocycles. The van der Waals surface area contributed by atoms with Crippen molar-refractivity contribution in [2.45, 2.75) is 32.6 Å². The maximum absolute atomic E-state index is 12.3. The van der Waals surface area contributed by atoms with Gasteiger partial charge in [0.2, 0.25) is 0 Å². The third-order valence-electron chi connectivity index (χ3n) is 3.04. The van der Waals surface area contributed by atoms with Crippen LogP contribution in [0.3, 0.4) is 0 Å². The topological polar surface area (TPSA) is 105 Å². The fourth-order valence-electron chi connectivity index (χ4n) is 2.04. The van der Waals surface area contributed by atoms with Gasteiger partial charge in [0.25, 0.3) is 0 Å². The van der Waals surface area contributed by atoms with Gasteiger partial charge in [0.05, 0.1) is 13.2 Å². The maximum Gasteiger partial charge on any atom is 0.328 e. The number of thiocarbonyl (C=S) groups is 1. The molecular formula is C16H24N2O4S. The van der Waals surface area contributed by atoms with Crippen molar-refractivity contribution >= 4 is 29.3 Å². The van der Waals surface area contributed by atoms with Gasteiger partial charge in [0.15, 0.2) is 10.5 Å². The first kappa shape index (κ1) is 20.9. The van der Waals surface area contributed by atoms with Crippen LogP contribution in [0.1, 0.15) is 32.8 Å². The molecule has 0 saturated heterocycles. The molecule has 1 aromatic carbocycles. The van der Waals surface area contributed by atoms with E-state index in [4.69, 9.17) is 9.47 Å². The third-order valence-corrected chi connectivity index (χ3v) is 3.04. The molecule has 6 nitrogen and oxygen atoms in total. The van der Waals surface area contributed by atoms with E-state index in [2.05, 4.69) is 23.7 Å². The molecule has 0 aliphatic carbocycles. The van der Waals surface area contributed by atoms with Gasteiger partial charge in [0, 0.05) is 0 Å². The van der Waals surface area contributed by atoms with E-state index in [0.29, 0.717) is 12.0 Å². The van der Waals surface area contributed by atoms with E-state index >= 15 is 0 Å². The van der Waals surface area contributed by atoms with E-state index in [9.17, 15) is 9.59 Å². The zero-order valence-electron chi connectivity index (χ0n) is 13.7. The lowest BCUT2D eigenvalue weighted by molar-refractivity contribution is -0.165. The second-order valence-corrected chi connectivity index (χ2v) is 4.94. The second-order valence-electron chi connectivity index (χ2n) is 4.47. The van der Waals surface area contributed by atoms with Crippen LogP contribution in [0.5, 0.6) is 0 Å². The Morgan fingerprint density at radius 3 is 1.70 bits per heavy atom. The van der Waals surface area contributed by atoms with Crippen molar-refractivity contribution in [3.63, 3.8) is 0 Å². The van der Waals surface area contributed by atoms with Gasteiger partial charge in [-0.15, -0.1) is 0 Å². The van der Waals surface area contributed by atoms with Crippen molar-refractivity contribution in [1.82, 2.24) is 0 Å². The van der Waals surface area contributed by atoms with Gasteiger partial charge >= 0.3 is 11.9 Å². The molecule has 0 radical (unpaired) electrons. The van der Waals surface area contributed by atoms with Crippen LogP contribution >= 0.6 is 12.2 Å². The fourth-order valence-corrected chi connectivity index (χ4v) is 2.04. The van der Waals surface area contributed by atoms with Crippen molar-refractivity contribution in [3.8, 4) is 0 Å². The Bertz CT molecular complexity index is 498. The highest BCUT2D eigenvalue weighted by molar-refractivity contribution is 7.80. The minimum Gasteiger partial charge on any atom is -0.465 e. The number of nitrogens with two attached hydrogens (primary N) is 2. The molecule has 1 aromatic rings. The number of carbonyl (C=O) groups excluding carboxylic acids is 2.